The van der Waals surface area contributed by atoms with Gasteiger partial charge in [-0.25, -0.2) is 8.42 Å². The molecule has 41 heavy (non-hydrogen) atoms. The van der Waals surface area contributed by atoms with Crippen LogP contribution >= 0.6 is 0 Å². The fraction of sp³-hybridized carbons (Fsp3) is 0.375. The number of amides is 2. The van der Waals surface area contributed by atoms with E-state index in [-0.39, 0.29) is 43.7 Å². The molecule has 9 heteroatoms. The number of benzene rings is 3. The summed E-state index contributed by atoms with van der Waals surface area (Å²) in [6.45, 7) is 4.94. The molecule has 2 amide bonds. The summed E-state index contributed by atoms with van der Waals surface area (Å²) >= 11 is 0. The molecule has 0 saturated heterocycles. The Morgan fingerprint density at radius 3 is 2.00 bits per heavy atom. The van der Waals surface area contributed by atoms with Crippen molar-refractivity contribution in [2.24, 2.45) is 5.92 Å². The van der Waals surface area contributed by atoms with Crippen LogP contribution in [0.5, 0.6) is 5.75 Å². The molecule has 0 saturated carbocycles. The molecule has 1 atom stereocenters. The molecule has 0 spiro atoms. The molecule has 1 unspecified atom stereocenters. The van der Waals surface area contributed by atoms with Gasteiger partial charge in [-0.3, -0.25) is 13.9 Å². The highest BCUT2D eigenvalue weighted by molar-refractivity contribution is 7.92. The van der Waals surface area contributed by atoms with Gasteiger partial charge in [-0.15, -0.1) is 0 Å². The number of rotatable bonds is 15. The second kappa shape index (κ2) is 15.2. The lowest BCUT2D eigenvalue weighted by Crippen LogP contribution is -2.51. The van der Waals surface area contributed by atoms with Gasteiger partial charge in [-0.2, -0.15) is 0 Å². The summed E-state index contributed by atoms with van der Waals surface area (Å²) in [7, 11) is -2.04. The summed E-state index contributed by atoms with van der Waals surface area (Å²) in [6, 6.07) is 25.3. The highest BCUT2D eigenvalue weighted by Gasteiger charge is 2.30. The fourth-order valence-electron chi connectivity index (χ4n) is 4.51. The molecule has 8 nitrogen and oxygen atoms in total. The van der Waals surface area contributed by atoms with Crippen molar-refractivity contribution in [3.05, 3.63) is 96.1 Å². The molecule has 0 bridgehead atoms. The van der Waals surface area contributed by atoms with Crippen molar-refractivity contribution in [3.8, 4) is 5.75 Å². The zero-order valence-corrected chi connectivity index (χ0v) is 25.1. The summed E-state index contributed by atoms with van der Waals surface area (Å²) in [5, 5.41) is 3.02. The molecule has 3 rings (SSSR count). The Hall–Kier alpha value is -3.85. The van der Waals surface area contributed by atoms with E-state index < -0.39 is 16.1 Å². The van der Waals surface area contributed by atoms with Crippen LogP contribution in [0.15, 0.2) is 84.9 Å². The third-order valence-electron chi connectivity index (χ3n) is 6.66. The summed E-state index contributed by atoms with van der Waals surface area (Å²) < 4.78 is 31.7. The van der Waals surface area contributed by atoms with Gasteiger partial charge < -0.3 is 15.0 Å². The van der Waals surface area contributed by atoms with Gasteiger partial charge in [0.05, 0.1) is 19.1 Å². The zero-order valence-electron chi connectivity index (χ0n) is 24.3. The number of hydrogen-bond acceptors (Lipinski definition) is 5. The van der Waals surface area contributed by atoms with Gasteiger partial charge in [-0.05, 0) is 47.7 Å². The van der Waals surface area contributed by atoms with Gasteiger partial charge in [0.2, 0.25) is 21.8 Å². The summed E-state index contributed by atoms with van der Waals surface area (Å²) in [5.41, 5.74) is 2.36. The van der Waals surface area contributed by atoms with Crippen LogP contribution in [-0.2, 0) is 32.6 Å². The molecular weight excluding hydrogens is 538 g/mol. The van der Waals surface area contributed by atoms with Gasteiger partial charge in [0.15, 0.2) is 0 Å². The average molecular weight is 580 g/mol. The predicted molar refractivity (Wildman–Crippen MR) is 163 cm³/mol. The maximum atomic E-state index is 13.8. The van der Waals surface area contributed by atoms with Crippen LogP contribution in [0.1, 0.15) is 37.8 Å². The van der Waals surface area contributed by atoms with E-state index in [1.54, 1.807) is 36.3 Å². The fourth-order valence-corrected chi connectivity index (χ4v) is 5.47. The number of hydrogen-bond donors (Lipinski definition) is 1. The SMILES string of the molecule is COc1ccc(N(CCCC(=O)N(Cc2ccccc2)C(Cc2ccccc2)C(=O)NCC(C)C)S(C)(=O)=O)cc1. The van der Waals surface area contributed by atoms with E-state index in [1.807, 2.05) is 74.5 Å². The predicted octanol–water partition coefficient (Wildman–Crippen LogP) is 4.65. The molecule has 3 aromatic rings. The van der Waals surface area contributed by atoms with Crippen molar-refractivity contribution in [2.45, 2.75) is 45.7 Å². The Bertz CT molecular complexity index is 1350. The Morgan fingerprint density at radius 1 is 0.878 bits per heavy atom. The third-order valence-corrected chi connectivity index (χ3v) is 7.86. The van der Waals surface area contributed by atoms with E-state index in [9.17, 15) is 18.0 Å². The number of sulfonamides is 1. The van der Waals surface area contributed by atoms with Crippen molar-refractivity contribution >= 4 is 27.5 Å². The second-order valence-electron chi connectivity index (χ2n) is 10.5. The Kier molecular flexibility index (Phi) is 11.8. The van der Waals surface area contributed by atoms with E-state index in [0.717, 1.165) is 17.4 Å². The van der Waals surface area contributed by atoms with Gasteiger partial charge in [0.1, 0.15) is 11.8 Å². The van der Waals surface area contributed by atoms with Crippen molar-refractivity contribution < 1.29 is 22.7 Å². The highest BCUT2D eigenvalue weighted by atomic mass is 32.2. The van der Waals surface area contributed by atoms with Crippen LogP contribution in [0.4, 0.5) is 5.69 Å². The van der Waals surface area contributed by atoms with E-state index in [4.69, 9.17) is 4.74 Å². The molecule has 0 aliphatic rings. The Labute approximate surface area is 244 Å². The minimum absolute atomic E-state index is 0.0811. The lowest BCUT2D eigenvalue weighted by molar-refractivity contribution is -0.141. The molecule has 0 heterocycles. The third kappa shape index (κ3) is 9.93. The monoisotopic (exact) mass is 579 g/mol. The van der Waals surface area contributed by atoms with Crippen LogP contribution < -0.4 is 14.4 Å². The van der Waals surface area contributed by atoms with Crippen molar-refractivity contribution in [2.75, 3.05) is 30.8 Å². The van der Waals surface area contributed by atoms with Crippen LogP contribution in [0.25, 0.3) is 0 Å². The maximum Gasteiger partial charge on any atom is 0.243 e. The van der Waals surface area contributed by atoms with E-state index in [0.29, 0.717) is 24.4 Å². The van der Waals surface area contributed by atoms with Crippen LogP contribution in [-0.4, -0.2) is 57.6 Å². The lowest BCUT2D eigenvalue weighted by atomic mass is 10.0. The van der Waals surface area contributed by atoms with Gasteiger partial charge in [0, 0.05) is 32.5 Å². The minimum Gasteiger partial charge on any atom is -0.497 e. The first-order valence-corrected chi connectivity index (χ1v) is 15.7. The summed E-state index contributed by atoms with van der Waals surface area (Å²) in [4.78, 5) is 29.0. The number of methoxy groups -OCH3 is 1. The molecule has 0 fully saturated rings. The topological polar surface area (TPSA) is 96.0 Å². The van der Waals surface area contributed by atoms with Crippen molar-refractivity contribution in [1.29, 1.82) is 0 Å². The quantitative estimate of drug-likeness (QED) is 0.283. The average Bonchev–Trinajstić information content (AvgIpc) is 2.96. The number of ether oxygens (including phenoxy) is 1. The van der Waals surface area contributed by atoms with Crippen molar-refractivity contribution in [3.63, 3.8) is 0 Å². The normalized spacial score (nSPS) is 12.0. The maximum absolute atomic E-state index is 13.8. The summed E-state index contributed by atoms with van der Waals surface area (Å²) in [5.74, 6) is 0.462. The van der Waals surface area contributed by atoms with Gasteiger partial charge in [0.25, 0.3) is 0 Å². The standard InChI is InChI=1S/C32H41N3O5S/c1-25(2)23-33-32(37)30(22-26-12-7-5-8-13-26)34(24-27-14-9-6-10-15-27)31(36)16-11-21-35(41(4,38)39)28-17-19-29(40-3)20-18-28/h5-10,12-15,17-20,25,30H,11,16,21-24H2,1-4H3,(H,33,37). The van der Waals surface area contributed by atoms with Gasteiger partial charge >= 0.3 is 0 Å². The van der Waals surface area contributed by atoms with E-state index >= 15 is 0 Å². The van der Waals surface area contributed by atoms with Crippen LogP contribution in [0, 0.1) is 5.92 Å². The molecule has 1 N–H and O–H groups in total. The molecular formula is C32H41N3O5S. The number of carbonyl (C=O) groups excluding carboxylic acids is 2. The number of anilines is 1. The Morgan fingerprint density at radius 2 is 1.46 bits per heavy atom. The minimum atomic E-state index is -3.59. The molecule has 220 valence electrons. The lowest BCUT2D eigenvalue weighted by Gasteiger charge is -2.32. The first-order valence-electron chi connectivity index (χ1n) is 13.8. The largest absolute Gasteiger partial charge is 0.497 e. The van der Waals surface area contributed by atoms with Crippen LogP contribution in [0.3, 0.4) is 0 Å². The second-order valence-corrected chi connectivity index (χ2v) is 12.4. The van der Waals surface area contributed by atoms with Crippen molar-refractivity contribution in [1.82, 2.24) is 10.2 Å². The highest BCUT2D eigenvalue weighted by Crippen LogP contribution is 2.23. The number of nitrogens with zero attached hydrogens (tertiary/aromatic N) is 2. The zero-order chi connectivity index (χ0) is 29.8. The van der Waals surface area contributed by atoms with E-state index in [1.165, 1.54) is 4.31 Å². The molecule has 0 radical (unpaired) electrons. The van der Waals surface area contributed by atoms with Crippen LogP contribution in [0.2, 0.25) is 0 Å². The first kappa shape index (κ1) is 31.7. The number of nitrogens with one attached hydrogen (secondary N) is 1. The first-order chi connectivity index (χ1) is 19.6. The molecule has 3 aromatic carbocycles. The Balaban J connectivity index is 1.84. The molecule has 0 aliphatic carbocycles. The molecule has 0 aromatic heterocycles. The molecule has 0 aliphatic heterocycles. The van der Waals surface area contributed by atoms with Gasteiger partial charge in [-0.1, -0.05) is 74.5 Å². The van der Waals surface area contributed by atoms with E-state index in [2.05, 4.69) is 5.32 Å². The smallest absolute Gasteiger partial charge is 0.243 e. The number of carbonyl (C=O) groups is 2. The summed E-state index contributed by atoms with van der Waals surface area (Å²) in [6.07, 6.45) is 1.88.